The normalized spacial score (nSPS) is 10.4. The first-order valence-electron chi connectivity index (χ1n) is 15.4. The lowest BCUT2D eigenvalue weighted by atomic mass is 9.78. The molecule has 0 aliphatic heterocycles. The molecule has 0 saturated heterocycles. The lowest BCUT2D eigenvalue weighted by Gasteiger charge is -2.26. The zero-order valence-electron chi connectivity index (χ0n) is 29.3. The van der Waals surface area contributed by atoms with Crippen LogP contribution in [-0.4, -0.2) is 74.7 Å². The highest BCUT2D eigenvalue weighted by molar-refractivity contribution is 5.88. The molecule has 1 N–H and O–H groups in total. The summed E-state index contributed by atoms with van der Waals surface area (Å²) in [5.41, 5.74) is 3.24. The molecule has 49 heavy (non-hydrogen) atoms. The summed E-state index contributed by atoms with van der Waals surface area (Å²) in [6.45, 7) is 24.7. The molecule has 0 saturated carbocycles. The van der Waals surface area contributed by atoms with E-state index in [2.05, 4.69) is 49.6 Å². The third kappa shape index (κ3) is 16.0. The van der Waals surface area contributed by atoms with Gasteiger partial charge in [0.25, 0.3) is 0 Å². The SMILES string of the molecule is C=C(C)C(=O)OCC(O)COC(=O)C(=C)C.C=C(C)C(=O)OCCOc1ccc(C(C)(C)c2ccc(OCCOC(=O)C(=C)C)cc2)cc1. The van der Waals surface area contributed by atoms with E-state index >= 15 is 0 Å². The quantitative estimate of drug-likeness (QED) is 0.0910. The molecular formula is C38H48O11. The van der Waals surface area contributed by atoms with Crippen LogP contribution >= 0.6 is 0 Å². The molecule has 2 rings (SSSR count). The molecule has 11 nitrogen and oxygen atoms in total. The molecule has 0 spiro atoms. The van der Waals surface area contributed by atoms with Gasteiger partial charge in [-0.3, -0.25) is 0 Å². The molecule has 0 aromatic heterocycles. The van der Waals surface area contributed by atoms with Gasteiger partial charge in [0.1, 0.15) is 57.2 Å². The Morgan fingerprint density at radius 2 is 0.837 bits per heavy atom. The van der Waals surface area contributed by atoms with Gasteiger partial charge < -0.3 is 33.5 Å². The number of ether oxygens (including phenoxy) is 6. The first-order chi connectivity index (χ1) is 22.9. The number of aliphatic hydroxyl groups excluding tert-OH is 1. The fourth-order valence-corrected chi connectivity index (χ4v) is 3.57. The van der Waals surface area contributed by atoms with Gasteiger partial charge in [-0.1, -0.05) is 64.4 Å². The average molecular weight is 681 g/mol. The molecule has 0 aliphatic rings. The van der Waals surface area contributed by atoms with Crippen LogP contribution in [0.4, 0.5) is 0 Å². The number of carbonyl (C=O) groups excluding carboxylic acids is 4. The molecule has 266 valence electrons. The van der Waals surface area contributed by atoms with Crippen LogP contribution < -0.4 is 9.47 Å². The van der Waals surface area contributed by atoms with Gasteiger partial charge in [-0.05, 0) is 63.1 Å². The number of esters is 4. The number of hydrogen-bond acceptors (Lipinski definition) is 11. The molecule has 0 aliphatic carbocycles. The third-order valence-electron chi connectivity index (χ3n) is 6.53. The second kappa shape index (κ2) is 20.9. The number of rotatable bonds is 18. The van der Waals surface area contributed by atoms with Gasteiger partial charge >= 0.3 is 23.9 Å². The van der Waals surface area contributed by atoms with E-state index in [1.807, 2.05) is 48.5 Å². The fourth-order valence-electron chi connectivity index (χ4n) is 3.57. The summed E-state index contributed by atoms with van der Waals surface area (Å²) in [4.78, 5) is 44.6. The van der Waals surface area contributed by atoms with Crippen molar-refractivity contribution in [1.82, 2.24) is 0 Å². The van der Waals surface area contributed by atoms with Crippen LogP contribution in [0.15, 0.2) is 97.1 Å². The van der Waals surface area contributed by atoms with Crippen molar-refractivity contribution in [3.05, 3.63) is 108 Å². The maximum Gasteiger partial charge on any atom is 0.333 e. The van der Waals surface area contributed by atoms with Crippen LogP contribution in [0.2, 0.25) is 0 Å². The van der Waals surface area contributed by atoms with E-state index in [4.69, 9.17) is 18.9 Å². The number of hydrogen-bond donors (Lipinski definition) is 1. The Bertz CT molecular complexity index is 1360. The van der Waals surface area contributed by atoms with E-state index in [0.717, 1.165) is 11.1 Å². The summed E-state index contributed by atoms with van der Waals surface area (Å²) in [6, 6.07) is 15.7. The predicted molar refractivity (Wildman–Crippen MR) is 185 cm³/mol. The first-order valence-corrected chi connectivity index (χ1v) is 15.4. The highest BCUT2D eigenvalue weighted by atomic mass is 16.6. The van der Waals surface area contributed by atoms with Crippen LogP contribution in [0.25, 0.3) is 0 Å². The van der Waals surface area contributed by atoms with Gasteiger partial charge in [-0.2, -0.15) is 0 Å². The molecule has 2 aromatic rings. The monoisotopic (exact) mass is 680 g/mol. The third-order valence-corrected chi connectivity index (χ3v) is 6.53. The summed E-state index contributed by atoms with van der Waals surface area (Å²) in [5, 5.41) is 9.30. The summed E-state index contributed by atoms with van der Waals surface area (Å²) >= 11 is 0. The maximum absolute atomic E-state index is 11.4. The molecule has 0 amide bonds. The molecule has 0 bridgehead atoms. The fraction of sp³-hybridized carbons (Fsp3) is 0.368. The Balaban J connectivity index is 0.000000632. The van der Waals surface area contributed by atoms with Crippen LogP contribution in [-0.2, 0) is 43.5 Å². The lowest BCUT2D eigenvalue weighted by molar-refractivity contribution is -0.147. The first kappa shape index (κ1) is 41.9. The maximum atomic E-state index is 11.4. The summed E-state index contributed by atoms with van der Waals surface area (Å²) in [6.07, 6.45) is -1.05. The van der Waals surface area contributed by atoms with E-state index < -0.39 is 30.0 Å². The zero-order chi connectivity index (χ0) is 37.1. The van der Waals surface area contributed by atoms with Crippen LogP contribution in [0, 0.1) is 0 Å². The van der Waals surface area contributed by atoms with Crippen molar-refractivity contribution in [2.75, 3.05) is 39.6 Å². The highest BCUT2D eigenvalue weighted by Crippen LogP contribution is 2.33. The minimum Gasteiger partial charge on any atom is -0.490 e. The second-order valence-electron chi connectivity index (χ2n) is 11.6. The molecule has 0 radical (unpaired) electrons. The Morgan fingerprint density at radius 3 is 1.12 bits per heavy atom. The largest absolute Gasteiger partial charge is 0.490 e. The van der Waals surface area contributed by atoms with Gasteiger partial charge in [0.2, 0.25) is 0 Å². The topological polar surface area (TPSA) is 144 Å². The van der Waals surface area contributed by atoms with E-state index in [9.17, 15) is 24.3 Å². The van der Waals surface area contributed by atoms with Gasteiger partial charge in [0, 0.05) is 27.7 Å². The van der Waals surface area contributed by atoms with Crippen molar-refractivity contribution in [2.24, 2.45) is 0 Å². The van der Waals surface area contributed by atoms with Gasteiger partial charge in [0.05, 0.1) is 0 Å². The van der Waals surface area contributed by atoms with Crippen LogP contribution in [0.5, 0.6) is 11.5 Å². The number of carbonyl (C=O) groups is 4. The Morgan fingerprint density at radius 1 is 0.551 bits per heavy atom. The Hall–Kier alpha value is -5.16. The standard InChI is InChI=1S/C27H32O6.C11H16O5/c1-19(2)25(28)32-17-15-30-23-11-7-21(8-12-23)27(5,6)22-9-13-24(14-10-22)31-16-18-33-26(29)20(3)4;1-7(2)10(13)15-5-9(12)6-16-11(14)8(3)4/h7-14H,1,3,15-18H2,2,4-6H3;9,12H,1,3,5-6H2,2,4H3. The van der Waals surface area contributed by atoms with Crippen molar-refractivity contribution >= 4 is 23.9 Å². The zero-order valence-corrected chi connectivity index (χ0v) is 29.3. The van der Waals surface area contributed by atoms with Crippen molar-refractivity contribution in [2.45, 2.75) is 53.1 Å². The van der Waals surface area contributed by atoms with E-state index in [1.165, 1.54) is 13.8 Å². The van der Waals surface area contributed by atoms with Crippen molar-refractivity contribution in [1.29, 1.82) is 0 Å². The van der Waals surface area contributed by atoms with Crippen molar-refractivity contribution in [3.8, 4) is 11.5 Å². The van der Waals surface area contributed by atoms with Crippen LogP contribution in [0.3, 0.4) is 0 Å². The summed E-state index contributed by atoms with van der Waals surface area (Å²) in [5.74, 6) is -0.610. The molecular weight excluding hydrogens is 632 g/mol. The highest BCUT2D eigenvalue weighted by Gasteiger charge is 2.23. The van der Waals surface area contributed by atoms with Gasteiger partial charge in [0.15, 0.2) is 0 Å². The van der Waals surface area contributed by atoms with Gasteiger partial charge in [-0.25, -0.2) is 19.2 Å². The summed E-state index contributed by atoms with van der Waals surface area (Å²) in [7, 11) is 0. The molecule has 0 fully saturated rings. The molecule has 2 aromatic carbocycles. The van der Waals surface area contributed by atoms with E-state index in [-0.39, 0.29) is 56.2 Å². The number of benzene rings is 2. The molecule has 0 atom stereocenters. The van der Waals surface area contributed by atoms with E-state index in [0.29, 0.717) is 22.6 Å². The Labute approximate surface area is 288 Å². The minimum absolute atomic E-state index is 0.170. The molecule has 11 heteroatoms. The molecule has 0 heterocycles. The van der Waals surface area contributed by atoms with Gasteiger partial charge in [-0.15, -0.1) is 0 Å². The van der Waals surface area contributed by atoms with E-state index in [1.54, 1.807) is 13.8 Å². The Kier molecular flexibility index (Phi) is 17.9. The number of aliphatic hydroxyl groups is 1. The second-order valence-corrected chi connectivity index (χ2v) is 11.6. The molecule has 0 unspecified atom stereocenters. The smallest absolute Gasteiger partial charge is 0.333 e. The van der Waals surface area contributed by atoms with Crippen molar-refractivity contribution in [3.63, 3.8) is 0 Å². The lowest BCUT2D eigenvalue weighted by Crippen LogP contribution is -2.25. The van der Waals surface area contributed by atoms with Crippen molar-refractivity contribution < 1.29 is 52.7 Å². The predicted octanol–water partition coefficient (Wildman–Crippen LogP) is 5.59. The van der Waals surface area contributed by atoms with Crippen LogP contribution in [0.1, 0.15) is 52.7 Å². The minimum atomic E-state index is -1.05. The summed E-state index contributed by atoms with van der Waals surface area (Å²) < 4.78 is 30.6. The average Bonchev–Trinajstić information content (AvgIpc) is 3.06.